The van der Waals surface area contributed by atoms with Gasteiger partial charge in [0, 0.05) is 12.6 Å². The standard InChI is InChI=1S/C16H24N2O/c1-12-3-2-4-15(9-12)18-16(19)10-13-5-7-14(11-17)8-6-13/h5-8,12,15H,2-4,9-11,17H2,1H3,(H,18,19). The van der Waals surface area contributed by atoms with Crippen LogP contribution >= 0.6 is 0 Å². The highest BCUT2D eigenvalue weighted by Gasteiger charge is 2.20. The number of nitrogens with two attached hydrogens (primary N) is 1. The summed E-state index contributed by atoms with van der Waals surface area (Å²) in [5.41, 5.74) is 7.71. The summed E-state index contributed by atoms with van der Waals surface area (Å²) >= 11 is 0. The van der Waals surface area contributed by atoms with Crippen molar-refractivity contribution in [3.8, 4) is 0 Å². The minimum Gasteiger partial charge on any atom is -0.353 e. The van der Waals surface area contributed by atoms with Gasteiger partial charge >= 0.3 is 0 Å². The summed E-state index contributed by atoms with van der Waals surface area (Å²) in [6.07, 6.45) is 5.25. The summed E-state index contributed by atoms with van der Waals surface area (Å²) in [6.45, 7) is 2.82. The molecular formula is C16H24N2O. The lowest BCUT2D eigenvalue weighted by molar-refractivity contribution is -0.121. The molecular weight excluding hydrogens is 236 g/mol. The topological polar surface area (TPSA) is 55.1 Å². The molecule has 104 valence electrons. The normalized spacial score (nSPS) is 23.1. The van der Waals surface area contributed by atoms with Gasteiger partial charge in [-0.25, -0.2) is 0 Å². The third kappa shape index (κ3) is 4.35. The summed E-state index contributed by atoms with van der Waals surface area (Å²) in [6, 6.07) is 8.34. The van der Waals surface area contributed by atoms with Gasteiger partial charge in [-0.3, -0.25) is 4.79 Å². The fourth-order valence-corrected chi connectivity index (χ4v) is 2.82. The van der Waals surface area contributed by atoms with Crippen LogP contribution < -0.4 is 11.1 Å². The van der Waals surface area contributed by atoms with Crippen molar-refractivity contribution in [1.29, 1.82) is 0 Å². The lowest BCUT2D eigenvalue weighted by Gasteiger charge is -2.27. The van der Waals surface area contributed by atoms with E-state index in [0.717, 1.165) is 29.9 Å². The van der Waals surface area contributed by atoms with Gasteiger partial charge in [0.2, 0.25) is 5.91 Å². The highest BCUT2D eigenvalue weighted by atomic mass is 16.1. The van der Waals surface area contributed by atoms with Gasteiger partial charge < -0.3 is 11.1 Å². The van der Waals surface area contributed by atoms with Crippen LogP contribution in [0.5, 0.6) is 0 Å². The van der Waals surface area contributed by atoms with Crippen molar-refractivity contribution in [2.75, 3.05) is 0 Å². The molecule has 2 atom stereocenters. The zero-order valence-corrected chi connectivity index (χ0v) is 11.7. The molecule has 1 saturated carbocycles. The Morgan fingerprint density at radius 1 is 1.26 bits per heavy atom. The minimum absolute atomic E-state index is 0.139. The third-order valence-electron chi connectivity index (χ3n) is 3.92. The van der Waals surface area contributed by atoms with Gasteiger partial charge in [-0.15, -0.1) is 0 Å². The molecule has 0 heterocycles. The number of carbonyl (C=O) groups excluding carboxylic acids is 1. The van der Waals surface area contributed by atoms with Gasteiger partial charge in [-0.05, 0) is 29.9 Å². The number of hydrogen-bond acceptors (Lipinski definition) is 2. The first-order valence-corrected chi connectivity index (χ1v) is 7.24. The maximum absolute atomic E-state index is 12.0. The Hall–Kier alpha value is -1.35. The summed E-state index contributed by atoms with van der Waals surface area (Å²) in [4.78, 5) is 12.0. The zero-order valence-electron chi connectivity index (χ0n) is 11.7. The van der Waals surface area contributed by atoms with Gasteiger partial charge in [-0.2, -0.15) is 0 Å². The van der Waals surface area contributed by atoms with Crippen molar-refractivity contribution in [3.63, 3.8) is 0 Å². The second kappa shape index (κ2) is 6.71. The van der Waals surface area contributed by atoms with Crippen molar-refractivity contribution >= 4 is 5.91 Å². The number of amides is 1. The maximum atomic E-state index is 12.0. The van der Waals surface area contributed by atoms with E-state index in [4.69, 9.17) is 5.73 Å². The molecule has 0 spiro atoms. The van der Waals surface area contributed by atoms with Crippen molar-refractivity contribution < 1.29 is 4.79 Å². The molecule has 0 radical (unpaired) electrons. The highest BCUT2D eigenvalue weighted by molar-refractivity contribution is 5.78. The van der Waals surface area contributed by atoms with Gasteiger partial charge in [-0.1, -0.05) is 44.0 Å². The van der Waals surface area contributed by atoms with Gasteiger partial charge in [0.25, 0.3) is 0 Å². The van der Waals surface area contributed by atoms with Crippen LogP contribution in [-0.2, 0) is 17.8 Å². The fraction of sp³-hybridized carbons (Fsp3) is 0.562. The van der Waals surface area contributed by atoms with Crippen LogP contribution in [0, 0.1) is 5.92 Å². The molecule has 3 nitrogen and oxygen atoms in total. The fourth-order valence-electron chi connectivity index (χ4n) is 2.82. The molecule has 0 bridgehead atoms. The predicted octanol–water partition coefficient (Wildman–Crippen LogP) is 2.38. The number of nitrogens with one attached hydrogen (secondary N) is 1. The molecule has 19 heavy (non-hydrogen) atoms. The molecule has 1 amide bonds. The summed E-state index contributed by atoms with van der Waals surface area (Å²) in [5, 5.41) is 3.16. The summed E-state index contributed by atoms with van der Waals surface area (Å²) < 4.78 is 0. The Morgan fingerprint density at radius 3 is 2.58 bits per heavy atom. The minimum atomic E-state index is 0.139. The van der Waals surface area contributed by atoms with Crippen LogP contribution in [0.2, 0.25) is 0 Å². The average Bonchev–Trinajstić information content (AvgIpc) is 2.39. The first-order valence-electron chi connectivity index (χ1n) is 7.24. The number of hydrogen-bond donors (Lipinski definition) is 2. The van der Waals surface area contributed by atoms with Gasteiger partial charge in [0.05, 0.1) is 6.42 Å². The molecule has 3 heteroatoms. The molecule has 1 aliphatic carbocycles. The van der Waals surface area contributed by atoms with Crippen LogP contribution in [-0.4, -0.2) is 11.9 Å². The molecule has 2 rings (SSSR count). The van der Waals surface area contributed by atoms with Crippen LogP contribution in [0.1, 0.15) is 43.7 Å². The van der Waals surface area contributed by atoms with Crippen molar-refractivity contribution in [3.05, 3.63) is 35.4 Å². The molecule has 1 aliphatic rings. The Balaban J connectivity index is 1.83. The summed E-state index contributed by atoms with van der Waals surface area (Å²) in [5.74, 6) is 0.877. The van der Waals surface area contributed by atoms with E-state index in [9.17, 15) is 4.79 Å². The molecule has 0 aliphatic heterocycles. The van der Waals surface area contributed by atoms with E-state index in [1.807, 2.05) is 24.3 Å². The van der Waals surface area contributed by atoms with E-state index in [-0.39, 0.29) is 5.91 Å². The molecule has 0 aromatic heterocycles. The third-order valence-corrected chi connectivity index (χ3v) is 3.92. The quantitative estimate of drug-likeness (QED) is 0.873. The van der Waals surface area contributed by atoms with Crippen LogP contribution in [0.15, 0.2) is 24.3 Å². The van der Waals surface area contributed by atoms with Gasteiger partial charge in [0.15, 0.2) is 0 Å². The van der Waals surface area contributed by atoms with E-state index in [2.05, 4.69) is 12.2 Å². The first kappa shape index (κ1) is 14.1. The number of rotatable bonds is 4. The lowest BCUT2D eigenvalue weighted by atomic mass is 9.87. The SMILES string of the molecule is CC1CCCC(NC(=O)Cc2ccc(CN)cc2)C1. The molecule has 1 aromatic rings. The van der Waals surface area contributed by atoms with E-state index >= 15 is 0 Å². The van der Waals surface area contributed by atoms with Crippen molar-refractivity contribution in [2.45, 2.75) is 51.6 Å². The number of carbonyl (C=O) groups is 1. The molecule has 3 N–H and O–H groups in total. The maximum Gasteiger partial charge on any atom is 0.224 e. The Morgan fingerprint density at radius 2 is 1.95 bits per heavy atom. The van der Waals surface area contributed by atoms with E-state index in [1.54, 1.807) is 0 Å². The van der Waals surface area contributed by atoms with Crippen LogP contribution in [0.4, 0.5) is 0 Å². The first-order chi connectivity index (χ1) is 9.17. The van der Waals surface area contributed by atoms with E-state index in [0.29, 0.717) is 19.0 Å². The number of benzene rings is 1. The van der Waals surface area contributed by atoms with Crippen LogP contribution in [0.25, 0.3) is 0 Å². The smallest absolute Gasteiger partial charge is 0.224 e. The summed E-state index contributed by atoms with van der Waals surface area (Å²) in [7, 11) is 0. The highest BCUT2D eigenvalue weighted by Crippen LogP contribution is 2.23. The second-order valence-electron chi connectivity index (χ2n) is 5.73. The monoisotopic (exact) mass is 260 g/mol. The van der Waals surface area contributed by atoms with E-state index in [1.165, 1.54) is 12.8 Å². The van der Waals surface area contributed by atoms with Gasteiger partial charge in [0.1, 0.15) is 0 Å². The molecule has 2 unspecified atom stereocenters. The molecule has 1 aromatic carbocycles. The largest absolute Gasteiger partial charge is 0.353 e. The molecule has 1 fully saturated rings. The molecule has 0 saturated heterocycles. The Labute approximate surface area is 115 Å². The zero-order chi connectivity index (χ0) is 13.7. The van der Waals surface area contributed by atoms with Crippen LogP contribution in [0.3, 0.4) is 0 Å². The average molecular weight is 260 g/mol. The Kier molecular flexibility index (Phi) is 4.97. The Bertz CT molecular complexity index is 413. The second-order valence-corrected chi connectivity index (χ2v) is 5.73. The predicted molar refractivity (Wildman–Crippen MR) is 77.6 cm³/mol. The van der Waals surface area contributed by atoms with E-state index < -0.39 is 0 Å². The van der Waals surface area contributed by atoms with Crippen molar-refractivity contribution in [1.82, 2.24) is 5.32 Å². The lowest BCUT2D eigenvalue weighted by Crippen LogP contribution is -2.38. The van der Waals surface area contributed by atoms with Crippen molar-refractivity contribution in [2.24, 2.45) is 11.7 Å².